The van der Waals surface area contributed by atoms with Gasteiger partial charge >= 0.3 is 0 Å². The molecule has 0 aromatic heterocycles. The maximum absolute atomic E-state index is 13.6. The number of hydrogen-bond donors (Lipinski definition) is 1. The number of sulfonamides is 1. The first kappa shape index (κ1) is 15.5. The predicted molar refractivity (Wildman–Crippen MR) is 86.8 cm³/mol. The van der Waals surface area contributed by atoms with Crippen LogP contribution in [0.3, 0.4) is 0 Å². The second-order valence-corrected chi connectivity index (χ2v) is 7.45. The number of hydrogen-bond acceptors (Lipinski definition) is 2. The third-order valence-corrected chi connectivity index (χ3v) is 4.76. The van der Waals surface area contributed by atoms with Crippen LogP contribution in [0.25, 0.3) is 0 Å². The van der Waals surface area contributed by atoms with Gasteiger partial charge in [-0.2, -0.15) is 0 Å². The van der Waals surface area contributed by atoms with Crippen LogP contribution in [-0.2, 0) is 15.8 Å². The summed E-state index contributed by atoms with van der Waals surface area (Å²) in [4.78, 5) is 0. The lowest BCUT2D eigenvalue weighted by molar-refractivity contribution is 0.597. The van der Waals surface area contributed by atoms with Crippen molar-refractivity contribution in [2.24, 2.45) is 0 Å². The Bertz CT molecular complexity index is 737. The molecule has 0 bridgehead atoms. The van der Waals surface area contributed by atoms with E-state index in [0.717, 1.165) is 0 Å². The lowest BCUT2D eigenvalue weighted by atomic mass is 10.2. The molecule has 0 unspecified atom stereocenters. The van der Waals surface area contributed by atoms with Gasteiger partial charge in [-0.1, -0.05) is 29.8 Å². The highest BCUT2D eigenvalue weighted by atomic mass is 127. The molecule has 0 saturated heterocycles. The minimum atomic E-state index is -3.72. The molecule has 1 N–H and O–H groups in total. The normalized spacial score (nSPS) is 11.3. The van der Waals surface area contributed by atoms with Crippen molar-refractivity contribution in [2.75, 3.05) is 4.72 Å². The molecule has 2 rings (SSSR count). The van der Waals surface area contributed by atoms with E-state index in [2.05, 4.69) is 4.72 Å². The van der Waals surface area contributed by atoms with E-state index in [-0.39, 0.29) is 11.4 Å². The highest BCUT2D eigenvalue weighted by molar-refractivity contribution is 14.1. The number of halogens is 3. The summed E-state index contributed by atoms with van der Waals surface area (Å²) in [5.74, 6) is -0.919. The maximum atomic E-state index is 13.6. The average molecular weight is 426 g/mol. The molecule has 3 nitrogen and oxygen atoms in total. The largest absolute Gasteiger partial charge is 0.280 e. The van der Waals surface area contributed by atoms with Gasteiger partial charge in [-0.05, 0) is 52.4 Å². The zero-order valence-electron chi connectivity index (χ0n) is 10.1. The molecule has 106 valence electrons. The Morgan fingerprint density at radius 1 is 1.20 bits per heavy atom. The van der Waals surface area contributed by atoms with Crippen LogP contribution in [0.4, 0.5) is 10.1 Å². The van der Waals surface area contributed by atoms with Crippen LogP contribution in [0.5, 0.6) is 0 Å². The Labute approximate surface area is 135 Å². The van der Waals surface area contributed by atoms with Gasteiger partial charge in [0.1, 0.15) is 5.82 Å². The Balaban J connectivity index is 2.22. The molecule has 0 saturated carbocycles. The van der Waals surface area contributed by atoms with Crippen LogP contribution in [0.2, 0.25) is 5.02 Å². The summed E-state index contributed by atoms with van der Waals surface area (Å²) in [6.45, 7) is 0. The monoisotopic (exact) mass is 425 g/mol. The number of rotatable bonds is 4. The lowest BCUT2D eigenvalue weighted by Crippen LogP contribution is -2.16. The molecule has 2 aromatic rings. The summed E-state index contributed by atoms with van der Waals surface area (Å²) in [6, 6.07) is 10.9. The van der Waals surface area contributed by atoms with E-state index in [1.807, 2.05) is 22.6 Å². The summed E-state index contributed by atoms with van der Waals surface area (Å²) in [5, 5.41) is 0.362. The SMILES string of the molecule is O=S(=O)(Cc1ccccc1Cl)Nc1ccc(I)cc1F. The zero-order valence-corrected chi connectivity index (χ0v) is 13.8. The zero-order chi connectivity index (χ0) is 14.8. The topological polar surface area (TPSA) is 46.2 Å². The Hall–Kier alpha value is -0.860. The lowest BCUT2D eigenvalue weighted by Gasteiger charge is -2.10. The molecule has 0 fully saturated rings. The van der Waals surface area contributed by atoms with Crippen LogP contribution in [0.15, 0.2) is 42.5 Å². The van der Waals surface area contributed by atoms with E-state index in [1.54, 1.807) is 30.3 Å². The molecule has 0 heterocycles. The smallest absolute Gasteiger partial charge is 0.237 e. The van der Waals surface area contributed by atoms with Gasteiger partial charge in [-0.15, -0.1) is 0 Å². The second kappa shape index (κ2) is 6.28. The first-order valence-electron chi connectivity index (χ1n) is 5.56. The summed E-state index contributed by atoms with van der Waals surface area (Å²) in [7, 11) is -3.72. The van der Waals surface area contributed by atoms with Gasteiger partial charge in [0.05, 0.1) is 11.4 Å². The summed E-state index contributed by atoms with van der Waals surface area (Å²) in [5.41, 5.74) is 0.394. The molecule has 0 amide bonds. The van der Waals surface area contributed by atoms with Crippen LogP contribution in [-0.4, -0.2) is 8.42 Å². The van der Waals surface area contributed by atoms with E-state index in [4.69, 9.17) is 11.6 Å². The van der Waals surface area contributed by atoms with Crippen LogP contribution < -0.4 is 4.72 Å². The molecular formula is C13H10ClFINO2S. The fraction of sp³-hybridized carbons (Fsp3) is 0.0769. The van der Waals surface area contributed by atoms with Crippen molar-refractivity contribution in [3.8, 4) is 0 Å². The third kappa shape index (κ3) is 4.07. The van der Waals surface area contributed by atoms with Crippen molar-refractivity contribution in [3.63, 3.8) is 0 Å². The van der Waals surface area contributed by atoms with Crippen molar-refractivity contribution in [2.45, 2.75) is 5.75 Å². The van der Waals surface area contributed by atoms with Gasteiger partial charge in [0, 0.05) is 8.59 Å². The molecule has 0 spiro atoms. The molecule has 0 atom stereocenters. The van der Waals surface area contributed by atoms with Gasteiger partial charge in [-0.25, -0.2) is 12.8 Å². The summed E-state index contributed by atoms with van der Waals surface area (Å²) < 4.78 is 40.6. The number of benzene rings is 2. The summed E-state index contributed by atoms with van der Waals surface area (Å²) >= 11 is 7.87. The van der Waals surface area contributed by atoms with Crippen LogP contribution >= 0.6 is 34.2 Å². The standard InChI is InChI=1S/C13H10ClFINO2S/c14-11-4-2-1-3-9(11)8-20(18,19)17-13-6-5-10(16)7-12(13)15/h1-7,17H,8H2. The van der Waals surface area contributed by atoms with Crippen LogP contribution in [0.1, 0.15) is 5.56 Å². The fourth-order valence-corrected chi connectivity index (χ4v) is 3.56. The maximum Gasteiger partial charge on any atom is 0.237 e. The molecule has 0 aliphatic rings. The minimum absolute atomic E-state index is 0.0718. The number of anilines is 1. The summed E-state index contributed by atoms with van der Waals surface area (Å²) in [6.07, 6.45) is 0. The molecular weight excluding hydrogens is 416 g/mol. The van der Waals surface area contributed by atoms with Gasteiger partial charge < -0.3 is 0 Å². The Morgan fingerprint density at radius 3 is 2.55 bits per heavy atom. The average Bonchev–Trinajstić information content (AvgIpc) is 2.35. The van der Waals surface area contributed by atoms with E-state index in [9.17, 15) is 12.8 Å². The molecule has 7 heteroatoms. The minimum Gasteiger partial charge on any atom is -0.280 e. The van der Waals surface area contributed by atoms with Crippen LogP contribution in [0, 0.1) is 9.39 Å². The van der Waals surface area contributed by atoms with Crippen molar-refractivity contribution in [1.82, 2.24) is 0 Å². The second-order valence-electron chi connectivity index (χ2n) is 4.08. The first-order chi connectivity index (χ1) is 9.37. The molecule has 0 radical (unpaired) electrons. The van der Waals surface area contributed by atoms with Gasteiger partial charge in [0.25, 0.3) is 0 Å². The quantitative estimate of drug-likeness (QED) is 0.752. The molecule has 20 heavy (non-hydrogen) atoms. The van der Waals surface area contributed by atoms with E-state index < -0.39 is 15.8 Å². The van der Waals surface area contributed by atoms with Gasteiger partial charge in [0.15, 0.2) is 0 Å². The van der Waals surface area contributed by atoms with E-state index in [1.165, 1.54) is 12.1 Å². The van der Waals surface area contributed by atoms with Crippen molar-refractivity contribution in [1.29, 1.82) is 0 Å². The van der Waals surface area contributed by atoms with Crippen molar-refractivity contribution < 1.29 is 12.8 Å². The molecule has 2 aromatic carbocycles. The molecule has 0 aliphatic heterocycles. The van der Waals surface area contributed by atoms with Gasteiger partial charge in [0.2, 0.25) is 10.0 Å². The Morgan fingerprint density at radius 2 is 1.90 bits per heavy atom. The Kier molecular flexibility index (Phi) is 4.87. The molecule has 0 aliphatic carbocycles. The third-order valence-electron chi connectivity index (χ3n) is 2.50. The van der Waals surface area contributed by atoms with E-state index in [0.29, 0.717) is 14.2 Å². The predicted octanol–water partition coefficient (Wildman–Crippen LogP) is 4.03. The number of nitrogens with one attached hydrogen (secondary N) is 1. The van der Waals surface area contributed by atoms with Crippen molar-refractivity contribution in [3.05, 3.63) is 62.4 Å². The van der Waals surface area contributed by atoms with E-state index >= 15 is 0 Å². The highest BCUT2D eigenvalue weighted by Crippen LogP contribution is 2.21. The highest BCUT2D eigenvalue weighted by Gasteiger charge is 2.15. The first-order valence-corrected chi connectivity index (χ1v) is 8.67. The van der Waals surface area contributed by atoms with Crippen molar-refractivity contribution >= 4 is 49.9 Å². The van der Waals surface area contributed by atoms with Gasteiger partial charge in [-0.3, -0.25) is 4.72 Å². The fourth-order valence-electron chi connectivity index (χ4n) is 1.60.